The van der Waals surface area contributed by atoms with E-state index >= 15 is 0 Å². The second-order valence-electron chi connectivity index (χ2n) is 9.16. The fourth-order valence-electron chi connectivity index (χ4n) is 4.75. The highest BCUT2D eigenvalue weighted by molar-refractivity contribution is 5.80. The highest BCUT2D eigenvalue weighted by atomic mass is 16.9. The average molecular weight is 536 g/mol. The van der Waals surface area contributed by atoms with Gasteiger partial charge in [0.15, 0.2) is 11.2 Å². The summed E-state index contributed by atoms with van der Waals surface area (Å²) in [6, 6.07) is 7.71. The van der Waals surface area contributed by atoms with E-state index in [-0.39, 0.29) is 19.1 Å². The van der Waals surface area contributed by atoms with Crippen molar-refractivity contribution in [1.29, 1.82) is 0 Å². The van der Waals surface area contributed by atoms with Crippen LogP contribution >= 0.6 is 0 Å². The molecule has 0 aliphatic carbocycles. The number of nitrogens with zero attached hydrogens (tertiary/aromatic N) is 8. The molecule has 0 unspecified atom stereocenters. The molecule has 1 atom stereocenters. The molecule has 0 radical (unpaired) electrons. The summed E-state index contributed by atoms with van der Waals surface area (Å²) in [6.45, 7) is 5.31. The zero-order valence-electron chi connectivity index (χ0n) is 21.9. The number of benzene rings is 1. The Hall–Kier alpha value is -4.77. The van der Waals surface area contributed by atoms with E-state index in [1.807, 2.05) is 31.2 Å². The van der Waals surface area contributed by atoms with Crippen LogP contribution in [0.5, 0.6) is 0 Å². The average Bonchev–Trinajstić information content (AvgIpc) is 3.28. The molecule has 0 bridgehead atoms. The van der Waals surface area contributed by atoms with Gasteiger partial charge in [-0.25, -0.2) is 14.8 Å². The predicted molar refractivity (Wildman–Crippen MR) is 144 cm³/mol. The summed E-state index contributed by atoms with van der Waals surface area (Å²) in [6.07, 6.45) is 1.88. The second kappa shape index (κ2) is 11.3. The van der Waals surface area contributed by atoms with Gasteiger partial charge in [-0.1, -0.05) is 24.1 Å². The van der Waals surface area contributed by atoms with Gasteiger partial charge < -0.3 is 15.8 Å². The maximum absolute atomic E-state index is 13.7. The number of nitrogens with two attached hydrogens (primary N) is 1. The largest absolute Gasteiger partial charge is 0.341 e. The van der Waals surface area contributed by atoms with Crippen LogP contribution in [0.3, 0.4) is 0 Å². The fraction of sp³-hybridized carbons (Fsp3) is 0.400. The molecular formula is C25H29N9O5. The molecule has 1 aliphatic rings. The summed E-state index contributed by atoms with van der Waals surface area (Å²) in [4.78, 5) is 51.3. The number of fused-ring (bicyclic) bond motifs is 2. The first-order valence-electron chi connectivity index (χ1n) is 12.3. The van der Waals surface area contributed by atoms with Crippen molar-refractivity contribution in [2.75, 3.05) is 18.0 Å². The van der Waals surface area contributed by atoms with Crippen molar-refractivity contribution in [3.05, 3.63) is 66.7 Å². The number of imidazole rings is 1. The van der Waals surface area contributed by atoms with Gasteiger partial charge in [0, 0.05) is 37.3 Å². The van der Waals surface area contributed by atoms with E-state index in [2.05, 4.69) is 26.7 Å². The van der Waals surface area contributed by atoms with Crippen molar-refractivity contribution in [3.8, 4) is 11.8 Å². The SMILES string of the molecule is CC#CCn1c(N2CCC[C@@H](N)C2)nc2c1c(=O)n(Cc1nc(C)c3ccccc3n1)c(=O)n2C.O=[N+]([O-])O. The summed E-state index contributed by atoms with van der Waals surface area (Å²) in [7, 11) is 1.63. The number of para-hydroxylation sites is 1. The van der Waals surface area contributed by atoms with E-state index in [0.717, 1.165) is 36.0 Å². The molecule has 0 spiro atoms. The summed E-state index contributed by atoms with van der Waals surface area (Å²) in [5, 5.41) is 14.6. The van der Waals surface area contributed by atoms with E-state index in [1.165, 1.54) is 9.13 Å². The highest BCUT2D eigenvalue weighted by Gasteiger charge is 2.26. The molecule has 4 heterocycles. The van der Waals surface area contributed by atoms with Crippen molar-refractivity contribution >= 4 is 28.0 Å². The molecule has 0 amide bonds. The molecule has 204 valence electrons. The van der Waals surface area contributed by atoms with Crippen LogP contribution in [-0.4, -0.2) is 58.1 Å². The lowest BCUT2D eigenvalue weighted by Gasteiger charge is -2.31. The number of piperidine rings is 1. The second-order valence-corrected chi connectivity index (χ2v) is 9.16. The summed E-state index contributed by atoms with van der Waals surface area (Å²) in [5.41, 5.74) is 7.54. The molecule has 5 rings (SSSR count). The van der Waals surface area contributed by atoms with Gasteiger partial charge in [0.05, 0.1) is 18.6 Å². The van der Waals surface area contributed by atoms with Gasteiger partial charge in [0.1, 0.15) is 5.82 Å². The van der Waals surface area contributed by atoms with Crippen molar-refractivity contribution in [2.24, 2.45) is 12.8 Å². The van der Waals surface area contributed by atoms with Crippen molar-refractivity contribution in [1.82, 2.24) is 28.7 Å². The molecule has 39 heavy (non-hydrogen) atoms. The number of aryl methyl sites for hydroxylation is 2. The first-order valence-corrected chi connectivity index (χ1v) is 12.3. The Morgan fingerprint density at radius 1 is 1.21 bits per heavy atom. The van der Waals surface area contributed by atoms with Crippen LogP contribution in [0.25, 0.3) is 22.1 Å². The van der Waals surface area contributed by atoms with Gasteiger partial charge in [-0.2, -0.15) is 4.98 Å². The van der Waals surface area contributed by atoms with Gasteiger partial charge in [0.2, 0.25) is 5.95 Å². The molecule has 14 nitrogen and oxygen atoms in total. The molecule has 14 heteroatoms. The smallest absolute Gasteiger partial charge is 0.332 e. The van der Waals surface area contributed by atoms with Crippen LogP contribution < -0.4 is 21.9 Å². The van der Waals surface area contributed by atoms with Gasteiger partial charge in [0.25, 0.3) is 10.6 Å². The van der Waals surface area contributed by atoms with Gasteiger partial charge in [-0.15, -0.1) is 16.0 Å². The Labute approximate surface area is 222 Å². The van der Waals surface area contributed by atoms with Crippen LogP contribution in [0.4, 0.5) is 5.95 Å². The van der Waals surface area contributed by atoms with E-state index in [0.29, 0.717) is 29.5 Å². The molecule has 3 aromatic heterocycles. The van der Waals surface area contributed by atoms with Gasteiger partial charge in [-0.3, -0.25) is 18.5 Å². The van der Waals surface area contributed by atoms with Crippen LogP contribution in [0.1, 0.15) is 31.3 Å². The lowest BCUT2D eigenvalue weighted by Crippen LogP contribution is -2.44. The number of rotatable bonds is 4. The first-order chi connectivity index (χ1) is 18.6. The molecule has 1 fully saturated rings. The van der Waals surface area contributed by atoms with E-state index in [1.54, 1.807) is 18.5 Å². The van der Waals surface area contributed by atoms with Crippen molar-refractivity contribution in [3.63, 3.8) is 0 Å². The topological polar surface area (TPSA) is 180 Å². The Balaban J connectivity index is 0.000000826. The Kier molecular flexibility index (Phi) is 7.91. The predicted octanol–water partition coefficient (Wildman–Crippen LogP) is 0.800. The van der Waals surface area contributed by atoms with Crippen LogP contribution in [0.15, 0.2) is 33.9 Å². The minimum Gasteiger partial charge on any atom is -0.341 e. The number of anilines is 1. The normalized spacial score (nSPS) is 15.0. The molecule has 1 saturated heterocycles. The Morgan fingerprint density at radius 2 is 1.92 bits per heavy atom. The van der Waals surface area contributed by atoms with E-state index < -0.39 is 16.3 Å². The number of aromatic nitrogens is 6. The zero-order chi connectivity index (χ0) is 28.3. The molecular weight excluding hydrogens is 506 g/mol. The molecule has 0 saturated carbocycles. The number of hydrogen-bond donors (Lipinski definition) is 2. The van der Waals surface area contributed by atoms with Gasteiger partial charge in [-0.05, 0) is 32.8 Å². The summed E-state index contributed by atoms with van der Waals surface area (Å²) in [5.74, 6) is 6.96. The first kappa shape index (κ1) is 27.3. The van der Waals surface area contributed by atoms with Gasteiger partial charge >= 0.3 is 5.69 Å². The minimum absolute atomic E-state index is 0.0306. The van der Waals surface area contributed by atoms with Crippen LogP contribution in [0, 0.1) is 28.9 Å². The third-order valence-corrected chi connectivity index (χ3v) is 6.51. The quantitative estimate of drug-likeness (QED) is 0.215. The lowest BCUT2D eigenvalue weighted by molar-refractivity contribution is -0.742. The minimum atomic E-state index is -1.50. The van der Waals surface area contributed by atoms with E-state index in [9.17, 15) is 9.59 Å². The molecule has 1 aliphatic heterocycles. The standard InChI is InChI=1S/C25H28N8O2.HNO3/c1-4-5-13-32-21-22(29-24(32)31-12-8-9-17(26)14-31)30(3)25(35)33(23(21)34)15-20-27-16(2)18-10-6-7-11-19(18)28-20;2-1(3)4/h6-7,10-11,17H,8-9,12-15,26H2,1-3H3;(H,2,3,4)/t17-;/m1./s1. The van der Waals surface area contributed by atoms with Crippen molar-refractivity contribution in [2.45, 2.75) is 45.8 Å². The third-order valence-electron chi connectivity index (χ3n) is 6.51. The maximum Gasteiger partial charge on any atom is 0.332 e. The third kappa shape index (κ3) is 5.58. The Morgan fingerprint density at radius 3 is 2.62 bits per heavy atom. The van der Waals surface area contributed by atoms with Crippen molar-refractivity contribution < 1.29 is 10.3 Å². The highest BCUT2D eigenvalue weighted by Crippen LogP contribution is 2.23. The molecule has 3 N–H and O–H groups in total. The summed E-state index contributed by atoms with van der Waals surface area (Å²) < 4.78 is 4.39. The molecule has 4 aromatic rings. The maximum atomic E-state index is 13.7. The van der Waals surface area contributed by atoms with E-state index in [4.69, 9.17) is 26.0 Å². The lowest BCUT2D eigenvalue weighted by atomic mass is 10.1. The molecule has 1 aromatic carbocycles. The Bertz CT molecular complexity index is 1720. The zero-order valence-corrected chi connectivity index (χ0v) is 21.9. The summed E-state index contributed by atoms with van der Waals surface area (Å²) >= 11 is 0. The van der Waals surface area contributed by atoms with Crippen LogP contribution in [-0.2, 0) is 20.1 Å². The number of hydrogen-bond acceptors (Lipinski definition) is 9. The monoisotopic (exact) mass is 535 g/mol. The fourth-order valence-corrected chi connectivity index (χ4v) is 4.75. The van der Waals surface area contributed by atoms with Crippen LogP contribution in [0.2, 0.25) is 0 Å².